The fourth-order valence-corrected chi connectivity index (χ4v) is 0.921. The van der Waals surface area contributed by atoms with E-state index in [4.69, 9.17) is 5.73 Å². The molecule has 0 aromatic heterocycles. The van der Waals surface area contributed by atoms with Crippen LogP contribution in [0.2, 0.25) is 0 Å². The highest BCUT2D eigenvalue weighted by molar-refractivity contribution is 5.29. The number of hydrogen-bond donors (Lipinski definition) is 1. The van der Waals surface area contributed by atoms with Gasteiger partial charge in [0.15, 0.2) is 0 Å². The lowest BCUT2D eigenvalue weighted by Gasteiger charge is -2.12. The molecule has 0 amide bonds. The van der Waals surface area contributed by atoms with E-state index in [-0.39, 0.29) is 18.0 Å². The lowest BCUT2D eigenvalue weighted by atomic mass is 10.0. The molecule has 3 heteroatoms. The molecule has 56 valence electrons. The summed E-state index contributed by atoms with van der Waals surface area (Å²) in [5, 5.41) is 0. The largest absolute Gasteiger partial charge is 0.394 e. The molecule has 0 saturated carbocycles. The minimum Gasteiger partial charge on any atom is -0.394 e. The van der Waals surface area contributed by atoms with Crippen molar-refractivity contribution in [2.75, 3.05) is 0 Å². The van der Waals surface area contributed by atoms with E-state index in [1.54, 1.807) is 6.92 Å². The lowest BCUT2D eigenvalue weighted by molar-refractivity contribution is 0.492. The van der Waals surface area contributed by atoms with Gasteiger partial charge in [-0.05, 0) is 12.0 Å². The Kier molecular flexibility index (Phi) is 1.74. The first-order valence-electron chi connectivity index (χ1n) is 3.13. The fraction of sp³-hybridized carbons (Fsp3) is 0.429. The van der Waals surface area contributed by atoms with Crippen molar-refractivity contribution in [2.45, 2.75) is 13.3 Å². The molecule has 0 saturated heterocycles. The van der Waals surface area contributed by atoms with E-state index in [0.29, 0.717) is 0 Å². The van der Waals surface area contributed by atoms with Gasteiger partial charge in [0, 0.05) is 6.42 Å². The Balaban J connectivity index is 2.90. The van der Waals surface area contributed by atoms with Gasteiger partial charge in [0.2, 0.25) is 0 Å². The van der Waals surface area contributed by atoms with Gasteiger partial charge in [-0.2, -0.15) is 0 Å². The van der Waals surface area contributed by atoms with Crippen molar-refractivity contribution in [3.63, 3.8) is 0 Å². The normalized spacial score (nSPS) is 26.7. The zero-order valence-electron chi connectivity index (χ0n) is 5.70. The summed E-state index contributed by atoms with van der Waals surface area (Å²) >= 11 is 0. The second-order valence-corrected chi connectivity index (χ2v) is 2.51. The number of allylic oxidation sites excluding steroid dienone is 3. The van der Waals surface area contributed by atoms with Gasteiger partial charge in [-0.1, -0.05) is 6.92 Å². The Labute approximate surface area is 58.2 Å². The van der Waals surface area contributed by atoms with Crippen LogP contribution in [-0.4, -0.2) is 0 Å². The number of halogens is 2. The second kappa shape index (κ2) is 2.40. The van der Waals surface area contributed by atoms with Crippen LogP contribution in [0.5, 0.6) is 0 Å². The Bertz CT molecular complexity index is 206. The monoisotopic (exact) mass is 145 g/mol. The fourth-order valence-electron chi connectivity index (χ4n) is 0.921. The van der Waals surface area contributed by atoms with Crippen molar-refractivity contribution in [3.8, 4) is 0 Å². The van der Waals surface area contributed by atoms with E-state index in [1.165, 1.54) is 6.08 Å². The average molecular weight is 145 g/mol. The molecule has 0 bridgehead atoms. The van der Waals surface area contributed by atoms with Crippen LogP contribution in [0.4, 0.5) is 8.78 Å². The van der Waals surface area contributed by atoms with Crippen LogP contribution in [0.15, 0.2) is 23.4 Å². The van der Waals surface area contributed by atoms with Gasteiger partial charge >= 0.3 is 0 Å². The Morgan fingerprint density at radius 2 is 2.20 bits per heavy atom. The zero-order chi connectivity index (χ0) is 7.72. The van der Waals surface area contributed by atoms with Crippen LogP contribution in [0.3, 0.4) is 0 Å². The number of nitrogens with two attached hydrogens (primary N) is 1. The minimum atomic E-state index is -0.628. The summed E-state index contributed by atoms with van der Waals surface area (Å²) in [5.41, 5.74) is 4.71. The minimum absolute atomic E-state index is 0.0766. The van der Waals surface area contributed by atoms with Crippen LogP contribution < -0.4 is 5.73 Å². The topological polar surface area (TPSA) is 26.0 Å². The molecule has 1 nitrogen and oxygen atoms in total. The summed E-state index contributed by atoms with van der Waals surface area (Å²) in [6, 6.07) is 0. The van der Waals surface area contributed by atoms with Crippen LogP contribution >= 0.6 is 0 Å². The number of hydrogen-bond acceptors (Lipinski definition) is 1. The van der Waals surface area contributed by atoms with Crippen molar-refractivity contribution in [1.82, 2.24) is 0 Å². The van der Waals surface area contributed by atoms with Crippen molar-refractivity contribution in [3.05, 3.63) is 23.4 Å². The molecule has 0 spiro atoms. The summed E-state index contributed by atoms with van der Waals surface area (Å²) < 4.78 is 25.1. The third kappa shape index (κ3) is 1.17. The summed E-state index contributed by atoms with van der Waals surface area (Å²) in [5.74, 6) is -1.24. The van der Waals surface area contributed by atoms with Crippen molar-refractivity contribution in [2.24, 2.45) is 11.7 Å². The van der Waals surface area contributed by atoms with Gasteiger partial charge in [0.05, 0.1) is 5.70 Å². The molecule has 0 aromatic carbocycles. The van der Waals surface area contributed by atoms with E-state index in [2.05, 4.69) is 0 Å². The van der Waals surface area contributed by atoms with Gasteiger partial charge in [-0.15, -0.1) is 0 Å². The van der Waals surface area contributed by atoms with Gasteiger partial charge in [0.25, 0.3) is 0 Å². The molecule has 2 N–H and O–H groups in total. The van der Waals surface area contributed by atoms with Crippen LogP contribution in [-0.2, 0) is 0 Å². The van der Waals surface area contributed by atoms with Crippen molar-refractivity contribution in [1.29, 1.82) is 0 Å². The first kappa shape index (κ1) is 7.25. The summed E-state index contributed by atoms with van der Waals surface area (Å²) in [7, 11) is 0. The number of rotatable bonds is 0. The molecule has 1 aliphatic carbocycles. The van der Waals surface area contributed by atoms with Crippen LogP contribution in [0.1, 0.15) is 13.3 Å². The van der Waals surface area contributed by atoms with E-state index >= 15 is 0 Å². The maximum atomic E-state index is 12.6. The van der Waals surface area contributed by atoms with Gasteiger partial charge in [0.1, 0.15) is 11.7 Å². The molecule has 0 aromatic rings. The zero-order valence-corrected chi connectivity index (χ0v) is 5.70. The molecule has 10 heavy (non-hydrogen) atoms. The van der Waals surface area contributed by atoms with E-state index in [0.717, 1.165) is 0 Å². The summed E-state index contributed by atoms with van der Waals surface area (Å²) in [4.78, 5) is 0. The predicted octanol–water partition coefficient (Wildman–Crippen LogP) is 2.02. The third-order valence-corrected chi connectivity index (χ3v) is 1.48. The molecule has 1 rings (SSSR count). The van der Waals surface area contributed by atoms with E-state index in [1.807, 2.05) is 0 Å². The van der Waals surface area contributed by atoms with Gasteiger partial charge < -0.3 is 5.73 Å². The first-order chi connectivity index (χ1) is 4.61. The summed E-state index contributed by atoms with van der Waals surface area (Å²) in [6.07, 6.45) is 1.55. The second-order valence-electron chi connectivity index (χ2n) is 2.51. The molecule has 1 unspecified atom stereocenters. The predicted molar refractivity (Wildman–Crippen MR) is 35.3 cm³/mol. The van der Waals surface area contributed by atoms with Crippen LogP contribution in [0, 0.1) is 5.92 Å². The van der Waals surface area contributed by atoms with Gasteiger partial charge in [-0.3, -0.25) is 0 Å². The molecule has 0 fully saturated rings. The highest BCUT2D eigenvalue weighted by atomic mass is 19.1. The van der Waals surface area contributed by atoms with Crippen molar-refractivity contribution < 1.29 is 8.78 Å². The Morgan fingerprint density at radius 1 is 1.60 bits per heavy atom. The molecular formula is C7H9F2N. The quantitative estimate of drug-likeness (QED) is 0.554. The van der Waals surface area contributed by atoms with E-state index in [9.17, 15) is 8.78 Å². The average Bonchev–Trinajstić information content (AvgIpc) is 1.82. The molecular weight excluding hydrogens is 136 g/mol. The lowest BCUT2D eigenvalue weighted by Crippen LogP contribution is -2.09. The maximum Gasteiger partial charge on any atom is 0.145 e. The van der Waals surface area contributed by atoms with E-state index < -0.39 is 11.7 Å². The molecule has 0 heterocycles. The Hall–Kier alpha value is -0.860. The highest BCUT2D eigenvalue weighted by Crippen LogP contribution is 2.26. The SMILES string of the molecule is CC1C=C(F)C(N)=C(F)C1. The molecule has 1 atom stereocenters. The molecule has 1 aliphatic rings. The highest BCUT2D eigenvalue weighted by Gasteiger charge is 2.17. The third-order valence-electron chi connectivity index (χ3n) is 1.48. The standard InChI is InChI=1S/C7H9F2N/c1-4-2-5(8)7(10)6(9)3-4/h2,4H,3,10H2,1H3. The Morgan fingerprint density at radius 3 is 2.70 bits per heavy atom. The summed E-state index contributed by atoms with van der Waals surface area (Å²) in [6.45, 7) is 1.74. The maximum absolute atomic E-state index is 12.6. The van der Waals surface area contributed by atoms with Crippen molar-refractivity contribution >= 4 is 0 Å². The smallest absolute Gasteiger partial charge is 0.145 e. The van der Waals surface area contributed by atoms with Crippen LogP contribution in [0.25, 0.3) is 0 Å². The first-order valence-corrected chi connectivity index (χ1v) is 3.13. The van der Waals surface area contributed by atoms with Gasteiger partial charge in [-0.25, -0.2) is 8.78 Å². The molecule has 0 radical (unpaired) electrons. The molecule has 0 aliphatic heterocycles.